The van der Waals surface area contributed by atoms with Crippen molar-refractivity contribution in [1.82, 2.24) is 9.55 Å². The summed E-state index contributed by atoms with van der Waals surface area (Å²) < 4.78 is 9.32. The highest BCUT2D eigenvalue weighted by Gasteiger charge is 2.57. The molecule has 66 heavy (non-hydrogen) atoms. The number of hydrogen-bond acceptors (Lipinski definition) is 4. The molecule has 3 aliphatic rings. The monoisotopic (exact) mass is 869 g/mol. The highest BCUT2D eigenvalue weighted by molar-refractivity contribution is 6.09. The van der Waals surface area contributed by atoms with E-state index in [1.54, 1.807) is 0 Å². The third-order valence-electron chi connectivity index (χ3n) is 14.8. The van der Waals surface area contributed by atoms with Gasteiger partial charge in [0.15, 0.2) is 0 Å². The van der Waals surface area contributed by atoms with Crippen molar-refractivity contribution >= 4 is 38.9 Å². The van der Waals surface area contributed by atoms with Gasteiger partial charge in [-0.25, -0.2) is 4.98 Å². The summed E-state index contributed by atoms with van der Waals surface area (Å²) in [4.78, 5) is 9.86. The van der Waals surface area contributed by atoms with Gasteiger partial charge >= 0.3 is 0 Å². The van der Waals surface area contributed by atoms with Gasteiger partial charge < -0.3 is 14.5 Å². The highest BCUT2D eigenvalue weighted by atomic mass is 16.5. The van der Waals surface area contributed by atoms with Crippen LogP contribution in [0.3, 0.4) is 0 Å². The first kappa shape index (κ1) is 42.3. The van der Waals surface area contributed by atoms with E-state index in [1.165, 1.54) is 83.5 Å². The number of fused-ring (bicyclic) bond motifs is 12. The van der Waals surface area contributed by atoms with E-state index < -0.39 is 5.41 Å². The van der Waals surface area contributed by atoms with Gasteiger partial charge in [-0.1, -0.05) is 150 Å². The van der Waals surface area contributed by atoms with Crippen LogP contribution in [0.1, 0.15) is 133 Å². The summed E-state index contributed by atoms with van der Waals surface area (Å²) >= 11 is 0. The van der Waals surface area contributed by atoms with Crippen molar-refractivity contribution in [1.29, 1.82) is 0 Å². The molecule has 0 fully saturated rings. The Hall–Kier alpha value is -6.33. The van der Waals surface area contributed by atoms with Crippen LogP contribution in [0.4, 0.5) is 17.1 Å². The normalized spacial score (nSPS) is 15.1. The van der Waals surface area contributed by atoms with Crippen molar-refractivity contribution in [3.63, 3.8) is 0 Å². The first-order chi connectivity index (χ1) is 31.1. The Bertz CT molecular complexity index is 3240. The Morgan fingerprint density at radius 1 is 0.545 bits per heavy atom. The van der Waals surface area contributed by atoms with E-state index in [1.807, 2.05) is 6.20 Å². The van der Waals surface area contributed by atoms with Crippen LogP contribution in [0, 0.1) is 6.92 Å². The molecule has 0 radical (unpaired) electrons. The second-order valence-electron chi connectivity index (χ2n) is 23.6. The molecule has 0 bridgehead atoms. The SMILES string of the molecule is Cc1ccc(-n2c3ccccc3c3ccc(Oc4ccc5c(c4)N4CN(C)c6cccc(c64)C54c5c(cc(C(C)(C)C)cc5C(C)(C)C)-c5cc(C(C)(C)C)cc(C(C)(C)C)c54)cc32)nc1. The fourth-order valence-electron chi connectivity index (χ4n) is 11.5. The average molecular weight is 869 g/mol. The van der Waals surface area contributed by atoms with Crippen LogP contribution in [-0.4, -0.2) is 23.3 Å². The first-order valence-electron chi connectivity index (χ1n) is 23.9. The molecule has 4 heterocycles. The minimum absolute atomic E-state index is 0.0440. The number of aryl methyl sites for hydroxylation is 1. The maximum Gasteiger partial charge on any atom is 0.137 e. The zero-order chi connectivity index (χ0) is 46.6. The van der Waals surface area contributed by atoms with Crippen molar-refractivity contribution in [2.24, 2.45) is 0 Å². The molecule has 0 saturated heterocycles. The van der Waals surface area contributed by atoms with Crippen LogP contribution >= 0.6 is 0 Å². The number of anilines is 3. The molecule has 0 saturated carbocycles. The van der Waals surface area contributed by atoms with Gasteiger partial charge in [0.2, 0.25) is 0 Å². The van der Waals surface area contributed by atoms with E-state index in [9.17, 15) is 0 Å². The molecule has 334 valence electrons. The molecular formula is C61H64N4O. The lowest BCUT2D eigenvalue weighted by atomic mass is 9.59. The summed E-state index contributed by atoms with van der Waals surface area (Å²) in [6.45, 7) is 31.5. The van der Waals surface area contributed by atoms with Gasteiger partial charge in [0, 0.05) is 36.1 Å². The van der Waals surface area contributed by atoms with Gasteiger partial charge in [-0.15, -0.1) is 0 Å². The number of benzene rings is 6. The van der Waals surface area contributed by atoms with Crippen molar-refractivity contribution in [2.45, 2.75) is 117 Å². The van der Waals surface area contributed by atoms with Crippen molar-refractivity contribution in [3.8, 4) is 28.4 Å². The number of rotatable bonds is 3. The molecule has 1 spiro atoms. The molecule has 2 aliphatic heterocycles. The molecule has 11 rings (SSSR count). The Balaban J connectivity index is 1.20. The number of ether oxygens (including phenoxy) is 1. The van der Waals surface area contributed by atoms with Crippen LogP contribution in [0.15, 0.2) is 121 Å². The minimum atomic E-state index is -0.607. The molecule has 0 N–H and O–H groups in total. The third-order valence-corrected chi connectivity index (χ3v) is 14.8. The Labute approximate surface area is 392 Å². The summed E-state index contributed by atoms with van der Waals surface area (Å²) in [6.07, 6.45) is 1.94. The lowest BCUT2D eigenvalue weighted by molar-refractivity contribution is 0.482. The van der Waals surface area contributed by atoms with Crippen molar-refractivity contribution in [2.75, 3.05) is 23.5 Å². The maximum absolute atomic E-state index is 7.06. The second-order valence-corrected chi connectivity index (χ2v) is 23.6. The van der Waals surface area contributed by atoms with Crippen molar-refractivity contribution < 1.29 is 4.74 Å². The van der Waals surface area contributed by atoms with E-state index in [-0.39, 0.29) is 21.7 Å². The third kappa shape index (κ3) is 6.07. The lowest BCUT2D eigenvalue weighted by Crippen LogP contribution is -2.40. The van der Waals surface area contributed by atoms with E-state index in [0.29, 0.717) is 0 Å². The Morgan fingerprint density at radius 2 is 1.15 bits per heavy atom. The standard InChI is InChI=1S/C61H64N4O/c1-36-22-27-53(62-34-36)65-49-20-16-15-18-41(49)42-25-23-39(32-51(42)65)66-40-24-26-45-52(33-40)64-35-63(14)50-21-17-19-46(56(50)64)61(45)54-43(28-37(57(2,3)4)30-47(54)59(8,9)10)44-29-38(58(5,6)7)31-48(55(44)61)60(11,12)13/h15-34H,35H2,1-14H3. The molecule has 0 amide bonds. The predicted molar refractivity (Wildman–Crippen MR) is 277 cm³/mol. The molecule has 6 aromatic carbocycles. The number of aromatic nitrogens is 2. The molecule has 2 aromatic heterocycles. The van der Waals surface area contributed by atoms with Crippen LogP contribution in [-0.2, 0) is 27.1 Å². The number of nitrogens with zero attached hydrogens (tertiary/aromatic N) is 4. The highest BCUT2D eigenvalue weighted by Crippen LogP contribution is 2.68. The van der Waals surface area contributed by atoms with Gasteiger partial charge in [0.1, 0.15) is 17.3 Å². The van der Waals surface area contributed by atoms with Crippen LogP contribution < -0.4 is 14.5 Å². The van der Waals surface area contributed by atoms with E-state index in [4.69, 9.17) is 9.72 Å². The Morgan fingerprint density at radius 3 is 1.76 bits per heavy atom. The first-order valence-corrected chi connectivity index (χ1v) is 23.9. The van der Waals surface area contributed by atoms with Crippen LogP contribution in [0.2, 0.25) is 0 Å². The zero-order valence-electron chi connectivity index (χ0n) is 41.5. The molecular weight excluding hydrogens is 805 g/mol. The molecule has 0 atom stereocenters. The molecule has 5 heteroatoms. The average Bonchev–Trinajstić information content (AvgIpc) is 3.87. The number of hydrogen-bond donors (Lipinski definition) is 0. The smallest absolute Gasteiger partial charge is 0.137 e. The fourth-order valence-corrected chi connectivity index (χ4v) is 11.5. The van der Waals surface area contributed by atoms with Gasteiger partial charge in [-0.2, -0.15) is 0 Å². The lowest BCUT2D eigenvalue weighted by Gasteiger charge is -2.46. The molecule has 1 aliphatic carbocycles. The summed E-state index contributed by atoms with van der Waals surface area (Å²) in [7, 11) is 2.24. The summed E-state index contributed by atoms with van der Waals surface area (Å²) in [5.74, 6) is 2.49. The van der Waals surface area contributed by atoms with Crippen LogP contribution in [0.5, 0.6) is 11.5 Å². The minimum Gasteiger partial charge on any atom is -0.457 e. The number of para-hydroxylation sites is 2. The van der Waals surface area contributed by atoms with Crippen LogP contribution in [0.25, 0.3) is 38.8 Å². The summed E-state index contributed by atoms with van der Waals surface area (Å²) in [5, 5.41) is 2.36. The molecule has 8 aromatic rings. The molecule has 5 nitrogen and oxygen atoms in total. The topological polar surface area (TPSA) is 33.5 Å². The summed E-state index contributed by atoms with van der Waals surface area (Å²) in [5.41, 5.74) is 19.9. The summed E-state index contributed by atoms with van der Waals surface area (Å²) in [6, 6.07) is 43.6. The van der Waals surface area contributed by atoms with E-state index in [2.05, 4.69) is 227 Å². The van der Waals surface area contributed by atoms with Gasteiger partial charge in [-0.05, 0) is 126 Å². The van der Waals surface area contributed by atoms with Gasteiger partial charge in [0.25, 0.3) is 0 Å². The maximum atomic E-state index is 7.06. The van der Waals surface area contributed by atoms with E-state index in [0.717, 1.165) is 40.6 Å². The second kappa shape index (κ2) is 13.9. The Kier molecular flexibility index (Phi) is 8.88. The molecule has 0 unspecified atom stereocenters. The zero-order valence-corrected chi connectivity index (χ0v) is 41.5. The van der Waals surface area contributed by atoms with E-state index >= 15 is 0 Å². The predicted octanol–water partition coefficient (Wildman–Crippen LogP) is 15.7. The quantitative estimate of drug-likeness (QED) is 0.177. The number of pyridine rings is 1. The van der Waals surface area contributed by atoms with Crippen molar-refractivity contribution in [3.05, 3.63) is 172 Å². The largest absolute Gasteiger partial charge is 0.457 e. The van der Waals surface area contributed by atoms with Gasteiger partial charge in [0.05, 0.1) is 40.2 Å². The van der Waals surface area contributed by atoms with Gasteiger partial charge in [-0.3, -0.25) is 4.57 Å². The fraction of sp³-hybridized carbons (Fsp3) is 0.328.